The molecule has 46 heavy (non-hydrogen) atoms. The van der Waals surface area contributed by atoms with Crippen molar-refractivity contribution >= 4 is 0 Å². The average molecular weight is 658 g/mol. The Labute approximate surface area is 251 Å². The van der Waals surface area contributed by atoms with E-state index in [-0.39, 0.29) is 35.9 Å². The summed E-state index contributed by atoms with van der Waals surface area (Å²) < 4.78 is 181. The van der Waals surface area contributed by atoms with E-state index in [1.54, 1.807) is 18.2 Å². The van der Waals surface area contributed by atoms with Crippen molar-refractivity contribution < 1.29 is 62.2 Å². The van der Waals surface area contributed by atoms with Crippen molar-refractivity contribution in [3.05, 3.63) is 143 Å². The van der Waals surface area contributed by atoms with Crippen LogP contribution in [0.3, 0.4) is 0 Å². The van der Waals surface area contributed by atoms with Crippen LogP contribution in [0, 0.1) is 46.5 Å². The molecule has 0 aromatic heterocycles. The molecule has 0 aliphatic carbocycles. The monoisotopic (exact) mass is 658 g/mol. The number of ether oxygens (including phenoxy) is 2. The lowest BCUT2D eigenvalue weighted by molar-refractivity contribution is -0.190. The van der Waals surface area contributed by atoms with Crippen LogP contribution in [0.5, 0.6) is 11.5 Å². The van der Waals surface area contributed by atoms with Crippen LogP contribution in [0.2, 0.25) is 0 Å². The highest BCUT2D eigenvalue weighted by Crippen LogP contribution is 2.40. The second-order valence-corrected chi connectivity index (χ2v) is 9.58. The first-order valence-corrected chi connectivity index (χ1v) is 12.7. The summed E-state index contributed by atoms with van der Waals surface area (Å²) in [5, 5.41) is 0. The van der Waals surface area contributed by atoms with E-state index in [2.05, 4.69) is 9.47 Å². The molecule has 0 atom stereocenters. The Kier molecular flexibility index (Phi) is 8.41. The fourth-order valence-electron chi connectivity index (χ4n) is 4.44. The smallest absolute Gasteiger partial charge is 0.429 e. The Morgan fingerprint density at radius 2 is 0.826 bits per heavy atom. The first kappa shape index (κ1) is 32.3. The van der Waals surface area contributed by atoms with E-state index in [0.717, 1.165) is 0 Å². The largest absolute Gasteiger partial charge is 0.432 e. The molecule has 0 aliphatic rings. The van der Waals surface area contributed by atoms with Crippen LogP contribution >= 0.6 is 0 Å². The zero-order valence-electron chi connectivity index (χ0n) is 22.4. The maximum Gasteiger partial charge on any atom is 0.432 e. The fraction of sp³-hybridized carbons (Fsp3) is 0.0625. The average Bonchev–Trinajstić information content (AvgIpc) is 2.94. The summed E-state index contributed by atoms with van der Waals surface area (Å²) in [4.78, 5) is 0. The Morgan fingerprint density at radius 1 is 0.391 bits per heavy atom. The van der Waals surface area contributed by atoms with Crippen molar-refractivity contribution in [1.29, 1.82) is 0 Å². The van der Waals surface area contributed by atoms with Crippen LogP contribution < -0.4 is 9.47 Å². The van der Waals surface area contributed by atoms with E-state index in [4.69, 9.17) is 0 Å². The van der Waals surface area contributed by atoms with Gasteiger partial charge in [0.15, 0.2) is 17.5 Å². The quantitative estimate of drug-likeness (QED) is 0.122. The van der Waals surface area contributed by atoms with Crippen LogP contribution in [0.15, 0.2) is 84.9 Å². The van der Waals surface area contributed by atoms with Gasteiger partial charge in [-0.05, 0) is 53.1 Å². The molecule has 14 heteroatoms. The zero-order valence-corrected chi connectivity index (χ0v) is 22.4. The maximum atomic E-state index is 14.9. The molecule has 0 spiro atoms. The highest BCUT2D eigenvalue weighted by atomic mass is 19.3. The molecule has 0 saturated carbocycles. The second kappa shape index (κ2) is 12.0. The van der Waals surface area contributed by atoms with Crippen molar-refractivity contribution in [3.63, 3.8) is 0 Å². The van der Waals surface area contributed by atoms with E-state index < -0.39 is 92.5 Å². The lowest BCUT2D eigenvalue weighted by Gasteiger charge is -2.21. The van der Waals surface area contributed by atoms with Gasteiger partial charge in [0.25, 0.3) is 0 Å². The second-order valence-electron chi connectivity index (χ2n) is 9.58. The number of rotatable bonds is 8. The van der Waals surface area contributed by atoms with Crippen molar-refractivity contribution in [1.82, 2.24) is 0 Å². The van der Waals surface area contributed by atoms with Gasteiger partial charge < -0.3 is 9.47 Å². The Morgan fingerprint density at radius 3 is 1.30 bits per heavy atom. The lowest BCUT2D eigenvalue weighted by Crippen LogP contribution is -2.25. The van der Waals surface area contributed by atoms with Gasteiger partial charge in [0.05, 0.1) is 0 Å². The van der Waals surface area contributed by atoms with Gasteiger partial charge in [0.2, 0.25) is 0 Å². The maximum absolute atomic E-state index is 14.9. The van der Waals surface area contributed by atoms with Crippen LogP contribution in [0.1, 0.15) is 11.1 Å². The van der Waals surface area contributed by atoms with Crippen LogP contribution in [0.4, 0.5) is 52.7 Å². The van der Waals surface area contributed by atoms with Gasteiger partial charge in [-0.25, -0.2) is 35.1 Å². The molecule has 0 fully saturated rings. The molecule has 5 rings (SSSR count). The third-order valence-electron chi connectivity index (χ3n) is 6.47. The van der Waals surface area contributed by atoms with Crippen LogP contribution in [-0.4, -0.2) is 0 Å². The molecule has 0 saturated heterocycles. The van der Waals surface area contributed by atoms with Crippen molar-refractivity contribution in [2.75, 3.05) is 0 Å². The SMILES string of the molecule is Fc1cc(OC(F)(F)c2c(F)cc(-c3ccccc3)cc2F)ccc1-c1cc(F)c(C(F)(F)Oc2cc(F)c(F)c(F)c2)c(F)c1. The molecule has 0 N–H and O–H groups in total. The summed E-state index contributed by atoms with van der Waals surface area (Å²) in [5.74, 6) is -17.1. The molecule has 0 aliphatic heterocycles. The number of hydrogen-bond acceptors (Lipinski definition) is 2. The summed E-state index contributed by atoms with van der Waals surface area (Å²) >= 11 is 0. The third-order valence-corrected chi connectivity index (χ3v) is 6.47. The number of hydrogen-bond donors (Lipinski definition) is 0. The standard InChI is InChI=1S/C32H14F12O2/c33-21-12-18(45-31(41,42)28-22(34)8-16(9-23(28)35)15-4-2-1-3-5-15)6-7-20(21)17-10-24(36)29(25(37)11-17)32(43,44)46-19-13-26(38)30(40)27(39)14-19/h1-14H. The summed E-state index contributed by atoms with van der Waals surface area (Å²) in [5.41, 5.74) is -5.02. The van der Waals surface area contributed by atoms with Gasteiger partial charge in [-0.1, -0.05) is 30.3 Å². The molecular formula is C32H14F12O2. The Hall–Kier alpha value is -5.14. The lowest BCUT2D eigenvalue weighted by atomic mass is 10.0. The first-order valence-electron chi connectivity index (χ1n) is 12.7. The van der Waals surface area contributed by atoms with Gasteiger partial charge in [-0.2, -0.15) is 17.6 Å². The van der Waals surface area contributed by atoms with E-state index in [1.807, 2.05) is 0 Å². The summed E-state index contributed by atoms with van der Waals surface area (Å²) in [6, 6.07) is 11.0. The van der Waals surface area contributed by atoms with E-state index in [0.29, 0.717) is 29.8 Å². The van der Waals surface area contributed by atoms with Crippen LogP contribution in [0.25, 0.3) is 22.3 Å². The minimum absolute atomic E-state index is 0.00155. The molecule has 0 unspecified atom stereocenters. The van der Waals surface area contributed by atoms with Crippen molar-refractivity contribution in [2.45, 2.75) is 12.2 Å². The van der Waals surface area contributed by atoms with Gasteiger partial charge in [-0.3, -0.25) is 0 Å². The van der Waals surface area contributed by atoms with E-state index >= 15 is 0 Å². The highest BCUT2D eigenvalue weighted by Gasteiger charge is 2.43. The first-order chi connectivity index (χ1) is 21.6. The fourth-order valence-corrected chi connectivity index (χ4v) is 4.44. The predicted octanol–water partition coefficient (Wildman–Crippen LogP) is 10.4. The highest BCUT2D eigenvalue weighted by molar-refractivity contribution is 5.66. The minimum atomic E-state index is -4.92. The molecule has 2 nitrogen and oxygen atoms in total. The summed E-state index contributed by atoms with van der Waals surface area (Å²) in [6.07, 6.45) is -9.60. The van der Waals surface area contributed by atoms with Gasteiger partial charge >= 0.3 is 12.2 Å². The van der Waals surface area contributed by atoms with Crippen molar-refractivity contribution in [3.8, 4) is 33.8 Å². The summed E-state index contributed by atoms with van der Waals surface area (Å²) in [6.45, 7) is 0. The number of benzene rings is 5. The normalized spacial score (nSPS) is 11.9. The molecular weight excluding hydrogens is 644 g/mol. The molecule has 238 valence electrons. The van der Waals surface area contributed by atoms with E-state index in [1.165, 1.54) is 12.1 Å². The topological polar surface area (TPSA) is 18.5 Å². The molecule has 0 radical (unpaired) electrons. The molecule has 0 bridgehead atoms. The molecule has 0 heterocycles. The zero-order chi connectivity index (χ0) is 33.6. The number of alkyl halides is 4. The predicted molar refractivity (Wildman–Crippen MR) is 139 cm³/mol. The van der Waals surface area contributed by atoms with Gasteiger partial charge in [-0.15, -0.1) is 0 Å². The van der Waals surface area contributed by atoms with Gasteiger partial charge in [0, 0.05) is 23.8 Å². The van der Waals surface area contributed by atoms with E-state index in [9.17, 15) is 52.7 Å². The molecule has 0 amide bonds. The number of halogens is 12. The molecule has 5 aromatic carbocycles. The molecule has 5 aromatic rings. The summed E-state index contributed by atoms with van der Waals surface area (Å²) in [7, 11) is 0. The Balaban J connectivity index is 1.40. The van der Waals surface area contributed by atoms with Gasteiger partial charge in [0.1, 0.15) is 51.7 Å². The minimum Gasteiger partial charge on any atom is -0.429 e. The Bertz CT molecular complexity index is 1870. The third kappa shape index (κ3) is 6.32. The van der Waals surface area contributed by atoms with Crippen molar-refractivity contribution in [2.24, 2.45) is 0 Å². The van der Waals surface area contributed by atoms with Crippen LogP contribution in [-0.2, 0) is 12.2 Å².